The third-order valence-corrected chi connectivity index (χ3v) is 2.71. The molecule has 1 aromatic carbocycles. The van der Waals surface area contributed by atoms with Crippen molar-refractivity contribution < 1.29 is 0 Å². The average Bonchev–Trinajstić information content (AvgIpc) is 2.34. The number of nitrogen functional groups attached to an aromatic ring is 1. The van der Waals surface area contributed by atoms with Gasteiger partial charge in [0.25, 0.3) is 5.56 Å². The Hall–Kier alpha value is -2.25. The summed E-state index contributed by atoms with van der Waals surface area (Å²) in [6, 6.07) is 8.47. The number of halogens is 1. The summed E-state index contributed by atoms with van der Waals surface area (Å²) in [4.78, 5) is 14.2. The Labute approximate surface area is 102 Å². The van der Waals surface area contributed by atoms with Gasteiger partial charge in [0.2, 0.25) is 0 Å². The SMILES string of the molecule is N#Cc1c[nH]c(=O)c(-c2cccc(Cl)c2N)c1. The molecular formula is C12H8ClN3O. The maximum Gasteiger partial charge on any atom is 0.255 e. The number of aromatic amines is 1. The average molecular weight is 246 g/mol. The van der Waals surface area contributed by atoms with E-state index in [0.29, 0.717) is 27.4 Å². The number of nitrogens with zero attached hydrogens (tertiary/aromatic N) is 1. The third kappa shape index (κ3) is 2.01. The number of aromatic nitrogens is 1. The molecule has 5 heteroatoms. The van der Waals surface area contributed by atoms with Crippen LogP contribution in [0.5, 0.6) is 0 Å². The van der Waals surface area contributed by atoms with E-state index in [4.69, 9.17) is 22.6 Å². The Kier molecular flexibility index (Phi) is 2.86. The van der Waals surface area contributed by atoms with E-state index in [1.54, 1.807) is 18.2 Å². The number of H-pyrrole nitrogens is 1. The molecule has 0 atom stereocenters. The minimum Gasteiger partial charge on any atom is -0.397 e. The van der Waals surface area contributed by atoms with Crippen LogP contribution in [-0.4, -0.2) is 4.98 Å². The van der Waals surface area contributed by atoms with Crippen LogP contribution in [0.1, 0.15) is 5.56 Å². The number of nitrogens with two attached hydrogens (primary N) is 1. The second-order valence-corrected chi connectivity index (χ2v) is 3.85. The summed E-state index contributed by atoms with van der Waals surface area (Å²) in [5, 5.41) is 9.17. The van der Waals surface area contributed by atoms with E-state index in [1.807, 2.05) is 6.07 Å². The first-order chi connectivity index (χ1) is 8.13. The molecule has 0 aliphatic rings. The topological polar surface area (TPSA) is 82.7 Å². The monoisotopic (exact) mass is 245 g/mol. The number of benzene rings is 1. The molecule has 0 aliphatic carbocycles. The Morgan fingerprint density at radius 2 is 2.12 bits per heavy atom. The molecule has 1 aromatic heterocycles. The lowest BCUT2D eigenvalue weighted by Gasteiger charge is -2.06. The van der Waals surface area contributed by atoms with Gasteiger partial charge < -0.3 is 10.7 Å². The summed E-state index contributed by atoms with van der Waals surface area (Å²) in [7, 11) is 0. The quantitative estimate of drug-likeness (QED) is 0.755. The number of anilines is 1. The van der Waals surface area contributed by atoms with Gasteiger partial charge in [-0.05, 0) is 12.1 Å². The summed E-state index contributed by atoms with van der Waals surface area (Å²) < 4.78 is 0. The molecule has 0 aliphatic heterocycles. The fourth-order valence-corrected chi connectivity index (χ4v) is 1.69. The molecule has 3 N–H and O–H groups in total. The molecule has 0 saturated carbocycles. The van der Waals surface area contributed by atoms with Gasteiger partial charge in [-0.25, -0.2) is 0 Å². The molecule has 4 nitrogen and oxygen atoms in total. The number of pyridine rings is 1. The Balaban J connectivity index is 2.73. The number of nitrogens with one attached hydrogen (secondary N) is 1. The molecule has 0 fully saturated rings. The summed E-state index contributed by atoms with van der Waals surface area (Å²) in [5.74, 6) is 0. The van der Waals surface area contributed by atoms with Crippen LogP contribution in [0.2, 0.25) is 5.02 Å². The fraction of sp³-hybridized carbons (Fsp3) is 0. The van der Waals surface area contributed by atoms with Gasteiger partial charge in [-0.2, -0.15) is 5.26 Å². The van der Waals surface area contributed by atoms with Gasteiger partial charge in [0.1, 0.15) is 6.07 Å². The summed E-state index contributed by atoms with van der Waals surface area (Å²) in [6.07, 6.45) is 1.35. The van der Waals surface area contributed by atoms with Crippen molar-refractivity contribution >= 4 is 17.3 Å². The maximum absolute atomic E-state index is 11.7. The van der Waals surface area contributed by atoms with Crippen molar-refractivity contribution in [2.75, 3.05) is 5.73 Å². The zero-order valence-electron chi connectivity index (χ0n) is 8.70. The zero-order valence-corrected chi connectivity index (χ0v) is 9.45. The van der Waals surface area contributed by atoms with Gasteiger partial charge in [-0.1, -0.05) is 23.7 Å². The standard InChI is InChI=1S/C12H8ClN3O/c13-10-3-1-2-8(11(10)15)9-4-7(5-14)6-16-12(9)17/h1-4,6H,15H2,(H,16,17). The van der Waals surface area contributed by atoms with E-state index >= 15 is 0 Å². The predicted octanol–water partition coefficient (Wildman–Crippen LogP) is 2.15. The van der Waals surface area contributed by atoms with Gasteiger partial charge in [-0.3, -0.25) is 4.79 Å². The molecule has 0 bridgehead atoms. The van der Waals surface area contributed by atoms with Crippen LogP contribution in [0.3, 0.4) is 0 Å². The van der Waals surface area contributed by atoms with Crippen LogP contribution in [0.15, 0.2) is 35.3 Å². The van der Waals surface area contributed by atoms with Crippen molar-refractivity contribution in [3.63, 3.8) is 0 Å². The highest BCUT2D eigenvalue weighted by Crippen LogP contribution is 2.29. The molecule has 0 unspecified atom stereocenters. The van der Waals surface area contributed by atoms with Gasteiger partial charge in [-0.15, -0.1) is 0 Å². The summed E-state index contributed by atoms with van der Waals surface area (Å²) >= 11 is 5.89. The van der Waals surface area contributed by atoms with Gasteiger partial charge >= 0.3 is 0 Å². The van der Waals surface area contributed by atoms with Crippen molar-refractivity contribution in [1.82, 2.24) is 4.98 Å². The first-order valence-electron chi connectivity index (χ1n) is 4.80. The fourth-order valence-electron chi connectivity index (χ4n) is 1.52. The van der Waals surface area contributed by atoms with Crippen molar-refractivity contribution in [2.45, 2.75) is 0 Å². The summed E-state index contributed by atoms with van der Waals surface area (Å²) in [5.41, 5.74) is 7.05. The van der Waals surface area contributed by atoms with Crippen LogP contribution in [0.4, 0.5) is 5.69 Å². The molecule has 2 rings (SSSR count). The number of nitriles is 1. The Bertz CT molecular complexity index is 670. The van der Waals surface area contributed by atoms with Crippen molar-refractivity contribution in [3.8, 4) is 17.2 Å². The predicted molar refractivity (Wildman–Crippen MR) is 66.6 cm³/mol. The molecule has 0 amide bonds. The minimum absolute atomic E-state index is 0.307. The second-order valence-electron chi connectivity index (χ2n) is 3.44. The molecule has 1 heterocycles. The highest BCUT2D eigenvalue weighted by atomic mass is 35.5. The van der Waals surface area contributed by atoms with Gasteiger partial charge in [0, 0.05) is 11.8 Å². The van der Waals surface area contributed by atoms with Crippen LogP contribution >= 0.6 is 11.6 Å². The van der Waals surface area contributed by atoms with Crippen molar-refractivity contribution in [1.29, 1.82) is 5.26 Å². The van der Waals surface area contributed by atoms with E-state index in [-0.39, 0.29) is 5.56 Å². The minimum atomic E-state index is -0.307. The molecule has 2 aromatic rings. The van der Waals surface area contributed by atoms with Gasteiger partial charge in [0.05, 0.1) is 21.8 Å². The Morgan fingerprint density at radius 3 is 2.82 bits per heavy atom. The number of hydrogen-bond acceptors (Lipinski definition) is 3. The normalized spacial score (nSPS) is 9.88. The number of hydrogen-bond donors (Lipinski definition) is 2. The van der Waals surface area contributed by atoms with Crippen molar-refractivity contribution in [3.05, 3.63) is 51.4 Å². The Morgan fingerprint density at radius 1 is 1.35 bits per heavy atom. The lowest BCUT2D eigenvalue weighted by Crippen LogP contribution is -2.09. The second kappa shape index (κ2) is 4.32. The highest BCUT2D eigenvalue weighted by Gasteiger charge is 2.10. The first kappa shape index (κ1) is 11.2. The van der Waals surface area contributed by atoms with E-state index < -0.39 is 0 Å². The van der Waals surface area contributed by atoms with E-state index in [9.17, 15) is 4.79 Å². The smallest absolute Gasteiger partial charge is 0.255 e. The molecule has 84 valence electrons. The van der Waals surface area contributed by atoms with Crippen LogP contribution in [-0.2, 0) is 0 Å². The number of para-hydroxylation sites is 1. The maximum atomic E-state index is 11.7. The van der Waals surface area contributed by atoms with E-state index in [2.05, 4.69) is 4.98 Å². The highest BCUT2D eigenvalue weighted by molar-refractivity contribution is 6.33. The largest absolute Gasteiger partial charge is 0.397 e. The van der Waals surface area contributed by atoms with E-state index in [0.717, 1.165) is 0 Å². The zero-order chi connectivity index (χ0) is 12.4. The van der Waals surface area contributed by atoms with Crippen molar-refractivity contribution in [2.24, 2.45) is 0 Å². The molecule has 0 saturated heterocycles. The molecule has 0 spiro atoms. The lowest BCUT2D eigenvalue weighted by atomic mass is 10.0. The van der Waals surface area contributed by atoms with Crippen LogP contribution < -0.4 is 11.3 Å². The van der Waals surface area contributed by atoms with E-state index in [1.165, 1.54) is 12.3 Å². The first-order valence-corrected chi connectivity index (χ1v) is 5.18. The lowest BCUT2D eigenvalue weighted by molar-refractivity contribution is 1.22. The van der Waals surface area contributed by atoms with Crippen LogP contribution in [0.25, 0.3) is 11.1 Å². The molecule has 17 heavy (non-hydrogen) atoms. The van der Waals surface area contributed by atoms with Gasteiger partial charge in [0.15, 0.2) is 0 Å². The third-order valence-electron chi connectivity index (χ3n) is 2.38. The summed E-state index contributed by atoms with van der Waals surface area (Å²) in [6.45, 7) is 0. The molecule has 0 radical (unpaired) electrons. The molecular weight excluding hydrogens is 238 g/mol. The van der Waals surface area contributed by atoms with Crippen LogP contribution in [0, 0.1) is 11.3 Å². The number of rotatable bonds is 1.